The summed E-state index contributed by atoms with van der Waals surface area (Å²) < 4.78 is 10.6. The number of hydrogen-bond acceptors (Lipinski definition) is 7. The molecule has 1 heterocycles. The smallest absolute Gasteiger partial charge is 0.164 e. The van der Waals surface area contributed by atoms with Crippen molar-refractivity contribution in [2.75, 3.05) is 19.1 Å². The van der Waals surface area contributed by atoms with E-state index in [1.807, 2.05) is 19.9 Å². The van der Waals surface area contributed by atoms with E-state index in [0.29, 0.717) is 42.3 Å². The van der Waals surface area contributed by atoms with Gasteiger partial charge < -0.3 is 14.6 Å². The molecule has 28 heavy (non-hydrogen) atoms. The van der Waals surface area contributed by atoms with Crippen LogP contribution < -0.4 is 10.2 Å². The molecule has 2 rings (SSSR count). The number of hydrogen-bond donors (Lipinski definition) is 2. The van der Waals surface area contributed by atoms with Crippen LogP contribution in [0.15, 0.2) is 36.0 Å². The minimum Gasteiger partial charge on any atom is -0.504 e. The molecule has 1 aromatic carbocycles. The Bertz CT molecular complexity index is 917. The highest BCUT2D eigenvalue weighted by atomic mass is 16.5. The molecular formula is C21H24N4O3. The van der Waals surface area contributed by atoms with Crippen molar-refractivity contribution >= 4 is 12.0 Å². The maximum atomic E-state index is 10.3. The number of methoxy groups -OCH3 is 1. The fourth-order valence-electron chi connectivity index (χ4n) is 2.72. The Labute approximate surface area is 164 Å². The molecule has 0 fully saturated rings. The van der Waals surface area contributed by atoms with Gasteiger partial charge in [-0.25, -0.2) is 4.98 Å². The molecule has 0 bridgehead atoms. The Morgan fingerprint density at radius 1 is 1.36 bits per heavy atom. The number of benzene rings is 1. The summed E-state index contributed by atoms with van der Waals surface area (Å²) in [7, 11) is 1.57. The Morgan fingerprint density at radius 3 is 2.79 bits per heavy atom. The number of rotatable bonds is 9. The van der Waals surface area contributed by atoms with Gasteiger partial charge in [-0.3, -0.25) is 5.43 Å². The number of aromatic hydroxyl groups is 1. The minimum absolute atomic E-state index is 0.100. The first-order valence-corrected chi connectivity index (χ1v) is 8.82. The van der Waals surface area contributed by atoms with Crippen molar-refractivity contribution < 1.29 is 14.6 Å². The topological polar surface area (TPSA) is 99.8 Å². The van der Waals surface area contributed by atoms with Crippen LogP contribution in [0.2, 0.25) is 0 Å². The average molecular weight is 380 g/mol. The number of nitriles is 1. The zero-order chi connectivity index (χ0) is 20.5. The molecule has 0 unspecified atom stereocenters. The Kier molecular flexibility index (Phi) is 7.55. The van der Waals surface area contributed by atoms with Crippen molar-refractivity contribution in [3.8, 4) is 17.6 Å². The minimum atomic E-state index is 0.100. The number of anilines is 1. The molecule has 0 saturated heterocycles. The molecular weight excluding hydrogens is 356 g/mol. The summed E-state index contributed by atoms with van der Waals surface area (Å²) in [5, 5.41) is 23.9. The second-order valence-electron chi connectivity index (χ2n) is 6.01. The summed E-state index contributed by atoms with van der Waals surface area (Å²) in [6, 6.07) is 7.45. The Hall–Kier alpha value is -3.37. The molecule has 0 aliphatic rings. The summed E-state index contributed by atoms with van der Waals surface area (Å²) >= 11 is 0. The molecule has 0 amide bonds. The van der Waals surface area contributed by atoms with Gasteiger partial charge in [-0.2, -0.15) is 10.4 Å². The Morgan fingerprint density at radius 2 is 2.14 bits per heavy atom. The first-order chi connectivity index (χ1) is 13.5. The van der Waals surface area contributed by atoms with Crippen LogP contribution in [0.1, 0.15) is 34.9 Å². The number of hydrazone groups is 1. The highest BCUT2D eigenvalue weighted by Crippen LogP contribution is 2.32. The number of phenols is 1. The van der Waals surface area contributed by atoms with Crippen LogP contribution in [0.3, 0.4) is 0 Å². The van der Waals surface area contributed by atoms with Crippen molar-refractivity contribution in [3.05, 3.63) is 58.8 Å². The highest BCUT2D eigenvalue weighted by molar-refractivity contribution is 5.82. The van der Waals surface area contributed by atoms with Crippen LogP contribution in [-0.4, -0.2) is 30.0 Å². The second-order valence-corrected chi connectivity index (χ2v) is 6.01. The lowest BCUT2D eigenvalue weighted by Gasteiger charge is -2.11. The average Bonchev–Trinajstić information content (AvgIpc) is 2.66. The zero-order valence-corrected chi connectivity index (χ0v) is 16.3. The number of pyridine rings is 1. The third-order valence-electron chi connectivity index (χ3n) is 3.87. The summed E-state index contributed by atoms with van der Waals surface area (Å²) in [5.74, 6) is 0.848. The van der Waals surface area contributed by atoms with Gasteiger partial charge in [0, 0.05) is 23.9 Å². The van der Waals surface area contributed by atoms with Crippen molar-refractivity contribution in [2.24, 2.45) is 5.10 Å². The molecule has 7 nitrogen and oxygen atoms in total. The second kappa shape index (κ2) is 10.1. The SMILES string of the molecule is C=CCc1cc(/C=N\Nc2nc(C)cc(COC)c2C#N)cc(OCC)c1O. The number of nitrogens with one attached hydrogen (secondary N) is 1. The molecule has 0 radical (unpaired) electrons. The lowest BCUT2D eigenvalue weighted by molar-refractivity contribution is 0.184. The maximum absolute atomic E-state index is 10.3. The van der Waals surface area contributed by atoms with E-state index in [4.69, 9.17) is 9.47 Å². The Balaban J connectivity index is 2.32. The zero-order valence-electron chi connectivity index (χ0n) is 16.3. The van der Waals surface area contributed by atoms with Gasteiger partial charge >= 0.3 is 0 Å². The molecule has 0 aliphatic carbocycles. The van der Waals surface area contributed by atoms with Crippen molar-refractivity contribution in [1.29, 1.82) is 5.26 Å². The van der Waals surface area contributed by atoms with Crippen molar-refractivity contribution in [1.82, 2.24) is 4.98 Å². The predicted octanol–water partition coefficient (Wildman–Crippen LogP) is 3.69. The van der Waals surface area contributed by atoms with E-state index in [1.54, 1.807) is 31.5 Å². The van der Waals surface area contributed by atoms with E-state index in [2.05, 4.69) is 28.2 Å². The van der Waals surface area contributed by atoms with E-state index in [0.717, 1.165) is 16.8 Å². The quantitative estimate of drug-likeness (QED) is 0.391. The standard InChI is InChI=1S/C21H24N4O3/c1-5-7-16-9-15(10-19(20(16)26)28-6-2)12-23-25-21-18(11-22)17(13-27-4)8-14(3)24-21/h5,8-10,12,26H,1,6-7,13H2,2-4H3,(H,24,25)/b23-12-. The van der Waals surface area contributed by atoms with Crippen LogP contribution in [0.5, 0.6) is 11.5 Å². The molecule has 0 atom stereocenters. The van der Waals surface area contributed by atoms with Crippen LogP contribution >= 0.6 is 0 Å². The first-order valence-electron chi connectivity index (χ1n) is 8.82. The van der Waals surface area contributed by atoms with Crippen LogP contribution in [0.25, 0.3) is 0 Å². The number of aromatic nitrogens is 1. The number of allylic oxidation sites excluding steroid dienone is 1. The van der Waals surface area contributed by atoms with E-state index < -0.39 is 0 Å². The van der Waals surface area contributed by atoms with Gasteiger partial charge in [0.15, 0.2) is 17.3 Å². The van der Waals surface area contributed by atoms with Crippen LogP contribution in [-0.2, 0) is 17.8 Å². The normalized spacial score (nSPS) is 10.6. The summed E-state index contributed by atoms with van der Waals surface area (Å²) in [4.78, 5) is 4.35. The molecule has 146 valence electrons. The number of aryl methyl sites for hydroxylation is 1. The lowest BCUT2D eigenvalue weighted by Crippen LogP contribution is -2.03. The van der Waals surface area contributed by atoms with Crippen LogP contribution in [0, 0.1) is 18.3 Å². The van der Waals surface area contributed by atoms with Gasteiger partial charge in [-0.1, -0.05) is 6.08 Å². The molecule has 2 N–H and O–H groups in total. The largest absolute Gasteiger partial charge is 0.504 e. The predicted molar refractivity (Wildman–Crippen MR) is 109 cm³/mol. The fraction of sp³-hybridized carbons (Fsp3) is 0.286. The molecule has 0 spiro atoms. The monoisotopic (exact) mass is 380 g/mol. The summed E-state index contributed by atoms with van der Waals surface area (Å²) in [6.45, 7) is 8.14. The maximum Gasteiger partial charge on any atom is 0.164 e. The molecule has 0 aliphatic heterocycles. The van der Waals surface area contributed by atoms with E-state index >= 15 is 0 Å². The van der Waals surface area contributed by atoms with Gasteiger partial charge in [0.05, 0.1) is 19.4 Å². The molecule has 2 aromatic rings. The number of ether oxygens (including phenoxy) is 2. The highest BCUT2D eigenvalue weighted by Gasteiger charge is 2.12. The third-order valence-corrected chi connectivity index (χ3v) is 3.87. The van der Waals surface area contributed by atoms with E-state index in [9.17, 15) is 10.4 Å². The number of phenolic OH excluding ortho intramolecular Hbond substituents is 1. The van der Waals surface area contributed by atoms with Gasteiger partial charge in [0.25, 0.3) is 0 Å². The van der Waals surface area contributed by atoms with Gasteiger partial charge in [-0.15, -0.1) is 6.58 Å². The third kappa shape index (κ3) is 5.09. The number of nitrogens with zero attached hydrogens (tertiary/aromatic N) is 3. The molecule has 7 heteroatoms. The van der Waals surface area contributed by atoms with Gasteiger partial charge in [0.1, 0.15) is 11.6 Å². The van der Waals surface area contributed by atoms with E-state index in [-0.39, 0.29) is 5.75 Å². The molecule has 1 aromatic heterocycles. The van der Waals surface area contributed by atoms with Crippen LogP contribution in [0.4, 0.5) is 5.82 Å². The fourth-order valence-corrected chi connectivity index (χ4v) is 2.72. The molecule has 0 saturated carbocycles. The van der Waals surface area contributed by atoms with E-state index in [1.165, 1.54) is 0 Å². The van der Waals surface area contributed by atoms with Crippen molar-refractivity contribution in [3.63, 3.8) is 0 Å². The van der Waals surface area contributed by atoms with Gasteiger partial charge in [-0.05, 0) is 44.0 Å². The summed E-state index contributed by atoms with van der Waals surface area (Å²) in [5.41, 5.74) is 6.13. The summed E-state index contributed by atoms with van der Waals surface area (Å²) in [6.07, 6.45) is 3.78. The van der Waals surface area contributed by atoms with Crippen molar-refractivity contribution in [2.45, 2.75) is 26.9 Å². The van der Waals surface area contributed by atoms with Gasteiger partial charge in [0.2, 0.25) is 0 Å². The lowest BCUT2D eigenvalue weighted by atomic mass is 10.1. The first kappa shape index (κ1) is 20.9.